The van der Waals surface area contributed by atoms with E-state index in [9.17, 15) is 4.39 Å². The van der Waals surface area contributed by atoms with Gasteiger partial charge in [-0.25, -0.2) is 9.37 Å². The lowest BCUT2D eigenvalue weighted by molar-refractivity contribution is 0.284. The summed E-state index contributed by atoms with van der Waals surface area (Å²) in [5, 5.41) is 3.48. The van der Waals surface area contributed by atoms with Crippen molar-refractivity contribution in [2.24, 2.45) is 5.92 Å². The number of hydrogen-bond donors (Lipinski definition) is 1. The van der Waals surface area contributed by atoms with Gasteiger partial charge in [0.15, 0.2) is 11.5 Å². The molecule has 0 fully saturated rings. The fourth-order valence-corrected chi connectivity index (χ4v) is 2.96. The quantitative estimate of drug-likeness (QED) is 0.574. The molecular weight excluding hydrogens is 357 g/mol. The summed E-state index contributed by atoms with van der Waals surface area (Å²) in [4.78, 5) is 4.07. The molecule has 0 saturated carbocycles. The predicted molar refractivity (Wildman–Crippen MR) is 107 cm³/mol. The van der Waals surface area contributed by atoms with E-state index in [1.54, 1.807) is 25.4 Å². The van der Waals surface area contributed by atoms with Crippen molar-refractivity contribution < 1.29 is 13.9 Å². The van der Waals surface area contributed by atoms with Crippen molar-refractivity contribution in [2.75, 3.05) is 13.7 Å². The number of methoxy groups -OCH3 is 1. The monoisotopic (exact) mass is 383 g/mol. The van der Waals surface area contributed by atoms with E-state index < -0.39 is 0 Å². The van der Waals surface area contributed by atoms with E-state index in [4.69, 9.17) is 9.47 Å². The molecule has 0 amide bonds. The summed E-state index contributed by atoms with van der Waals surface area (Å²) >= 11 is 0. The lowest BCUT2D eigenvalue weighted by atomic mass is 10.1. The molecule has 0 saturated heterocycles. The number of benzene rings is 2. The molecule has 1 heterocycles. The number of hydrogen-bond acceptors (Lipinski definition) is 4. The normalized spacial score (nSPS) is 12.0. The first-order valence-electron chi connectivity index (χ1n) is 9.34. The van der Waals surface area contributed by atoms with E-state index in [-0.39, 0.29) is 5.82 Å². The van der Waals surface area contributed by atoms with Crippen LogP contribution in [0.2, 0.25) is 0 Å². The Bertz CT molecular complexity index is 851. The van der Waals surface area contributed by atoms with Gasteiger partial charge < -0.3 is 19.4 Å². The van der Waals surface area contributed by atoms with Gasteiger partial charge in [0.1, 0.15) is 12.4 Å². The van der Waals surface area contributed by atoms with Crippen LogP contribution in [0.4, 0.5) is 4.39 Å². The molecule has 1 aromatic heterocycles. The van der Waals surface area contributed by atoms with Crippen LogP contribution in [0.5, 0.6) is 11.5 Å². The molecule has 3 rings (SSSR count). The van der Waals surface area contributed by atoms with Crippen LogP contribution in [0.15, 0.2) is 61.2 Å². The molecule has 0 bridgehead atoms. The molecule has 1 N–H and O–H groups in total. The molecule has 6 heteroatoms. The Kier molecular flexibility index (Phi) is 7.03. The SMILES string of the molecule is COc1cc(CNCC(C)Cn2ccnc2)ccc1OCc1ccc(F)cc1. The topological polar surface area (TPSA) is 48.3 Å². The highest BCUT2D eigenvalue weighted by molar-refractivity contribution is 5.43. The molecule has 0 aliphatic rings. The molecule has 1 atom stereocenters. The number of imidazole rings is 1. The number of aromatic nitrogens is 2. The zero-order valence-electron chi connectivity index (χ0n) is 16.3. The maximum Gasteiger partial charge on any atom is 0.161 e. The van der Waals surface area contributed by atoms with Gasteiger partial charge in [-0.1, -0.05) is 25.1 Å². The van der Waals surface area contributed by atoms with Crippen LogP contribution in [0.25, 0.3) is 0 Å². The molecule has 0 spiro atoms. The van der Waals surface area contributed by atoms with Crippen molar-refractivity contribution in [3.63, 3.8) is 0 Å². The summed E-state index contributed by atoms with van der Waals surface area (Å²) < 4.78 is 26.4. The average Bonchev–Trinajstić information content (AvgIpc) is 3.21. The van der Waals surface area contributed by atoms with Gasteiger partial charge in [0, 0.05) is 25.5 Å². The molecule has 2 aromatic carbocycles. The molecule has 0 aliphatic carbocycles. The molecule has 5 nitrogen and oxygen atoms in total. The van der Waals surface area contributed by atoms with Crippen LogP contribution < -0.4 is 14.8 Å². The van der Waals surface area contributed by atoms with Crippen molar-refractivity contribution in [3.8, 4) is 11.5 Å². The van der Waals surface area contributed by atoms with Gasteiger partial charge in [-0.15, -0.1) is 0 Å². The van der Waals surface area contributed by atoms with Crippen molar-refractivity contribution in [1.29, 1.82) is 0 Å². The highest BCUT2D eigenvalue weighted by Gasteiger charge is 2.08. The molecule has 1 unspecified atom stereocenters. The van der Waals surface area contributed by atoms with Gasteiger partial charge in [-0.05, 0) is 47.9 Å². The van der Waals surface area contributed by atoms with Gasteiger partial charge in [0.25, 0.3) is 0 Å². The van der Waals surface area contributed by atoms with Crippen molar-refractivity contribution >= 4 is 0 Å². The number of nitrogens with zero attached hydrogens (tertiary/aromatic N) is 2. The minimum atomic E-state index is -0.252. The minimum Gasteiger partial charge on any atom is -0.493 e. The smallest absolute Gasteiger partial charge is 0.161 e. The molecule has 148 valence electrons. The fourth-order valence-electron chi connectivity index (χ4n) is 2.96. The zero-order chi connectivity index (χ0) is 19.8. The van der Waals surface area contributed by atoms with Crippen LogP contribution in [-0.4, -0.2) is 23.2 Å². The van der Waals surface area contributed by atoms with Crippen LogP contribution in [0.3, 0.4) is 0 Å². The third-order valence-electron chi connectivity index (χ3n) is 4.44. The van der Waals surface area contributed by atoms with Crippen LogP contribution in [0.1, 0.15) is 18.1 Å². The van der Waals surface area contributed by atoms with E-state index in [1.165, 1.54) is 12.1 Å². The molecule has 0 radical (unpaired) electrons. The maximum absolute atomic E-state index is 13.0. The molecule has 0 aliphatic heterocycles. The number of halogens is 1. The summed E-state index contributed by atoms with van der Waals surface area (Å²) in [7, 11) is 1.63. The Labute approximate surface area is 165 Å². The maximum atomic E-state index is 13.0. The second-order valence-electron chi connectivity index (χ2n) is 6.90. The lowest BCUT2D eigenvalue weighted by Crippen LogP contribution is -2.23. The largest absolute Gasteiger partial charge is 0.493 e. The van der Waals surface area contributed by atoms with E-state index in [2.05, 4.69) is 21.8 Å². The number of nitrogens with one attached hydrogen (secondary N) is 1. The number of ether oxygens (including phenoxy) is 2. The van der Waals surface area contributed by atoms with Gasteiger partial charge in [-0.2, -0.15) is 0 Å². The first-order valence-corrected chi connectivity index (χ1v) is 9.34. The first kappa shape index (κ1) is 19.9. The van der Waals surface area contributed by atoms with E-state index in [1.807, 2.05) is 30.7 Å². The highest BCUT2D eigenvalue weighted by Crippen LogP contribution is 2.29. The summed E-state index contributed by atoms with van der Waals surface area (Å²) in [5.74, 6) is 1.60. The van der Waals surface area contributed by atoms with E-state index >= 15 is 0 Å². The van der Waals surface area contributed by atoms with Gasteiger partial charge in [-0.3, -0.25) is 0 Å². The van der Waals surface area contributed by atoms with E-state index in [0.717, 1.165) is 30.8 Å². The molecule has 3 aromatic rings. The Morgan fingerprint density at radius 1 is 1.11 bits per heavy atom. The zero-order valence-corrected chi connectivity index (χ0v) is 16.3. The van der Waals surface area contributed by atoms with Gasteiger partial charge in [0.2, 0.25) is 0 Å². The van der Waals surface area contributed by atoms with Gasteiger partial charge in [0.05, 0.1) is 13.4 Å². The average molecular weight is 383 g/mol. The summed E-state index contributed by atoms with van der Waals surface area (Å²) in [5.41, 5.74) is 2.03. The highest BCUT2D eigenvalue weighted by atomic mass is 19.1. The van der Waals surface area contributed by atoms with Crippen LogP contribution >= 0.6 is 0 Å². The second-order valence-corrected chi connectivity index (χ2v) is 6.90. The minimum absolute atomic E-state index is 0.252. The third-order valence-corrected chi connectivity index (χ3v) is 4.44. The van der Waals surface area contributed by atoms with Gasteiger partial charge >= 0.3 is 0 Å². The standard InChI is InChI=1S/C22H26FN3O2/c1-17(14-26-10-9-24-16-26)12-25-13-19-5-8-21(22(11-19)27-2)28-15-18-3-6-20(23)7-4-18/h3-11,16-17,25H,12-15H2,1-2H3. The Morgan fingerprint density at radius 2 is 1.89 bits per heavy atom. The summed E-state index contributed by atoms with van der Waals surface area (Å²) in [6, 6.07) is 12.2. The lowest BCUT2D eigenvalue weighted by Gasteiger charge is -2.15. The first-order chi connectivity index (χ1) is 13.6. The predicted octanol–water partition coefficient (Wildman–Crippen LogP) is 4.04. The van der Waals surface area contributed by atoms with E-state index in [0.29, 0.717) is 24.0 Å². The Balaban J connectivity index is 1.50. The summed E-state index contributed by atoms with van der Waals surface area (Å²) in [6.07, 6.45) is 5.62. The summed E-state index contributed by atoms with van der Waals surface area (Å²) in [6.45, 7) is 5.17. The van der Waals surface area contributed by atoms with Crippen molar-refractivity contribution in [2.45, 2.75) is 26.6 Å². The van der Waals surface area contributed by atoms with Crippen LogP contribution in [-0.2, 0) is 19.7 Å². The molecule has 28 heavy (non-hydrogen) atoms. The third kappa shape index (κ3) is 5.82. The fraction of sp³-hybridized carbons (Fsp3) is 0.318. The van der Waals surface area contributed by atoms with Crippen LogP contribution in [0, 0.1) is 11.7 Å². The second kappa shape index (κ2) is 9.90. The Hall–Kier alpha value is -2.86. The Morgan fingerprint density at radius 3 is 2.61 bits per heavy atom. The molecular formula is C22H26FN3O2. The van der Waals surface area contributed by atoms with Crippen molar-refractivity contribution in [1.82, 2.24) is 14.9 Å². The number of rotatable bonds is 10. The van der Waals surface area contributed by atoms with Crippen molar-refractivity contribution in [3.05, 3.63) is 78.1 Å².